The number of rotatable bonds is 6. The number of halogens is 1. The van der Waals surface area contributed by atoms with Crippen molar-refractivity contribution < 1.29 is 14.3 Å². The molecular formula is C17H27ClN2O3. The Morgan fingerprint density at radius 2 is 2.04 bits per heavy atom. The van der Waals surface area contributed by atoms with Crippen molar-refractivity contribution in [2.45, 2.75) is 25.8 Å². The molecule has 2 unspecified atom stereocenters. The molecule has 1 saturated heterocycles. The standard InChI is InChI=1S/C17H26N2O3.ClH/c1-13(18)15-4-3-9-19(12-15)17(20)14-5-7-16(8-6-14)22-11-10-21-2;/h5-8,13,15H,3-4,9-12,18H2,1-2H3;1H. The van der Waals surface area contributed by atoms with E-state index in [0.717, 1.165) is 31.7 Å². The lowest BCUT2D eigenvalue weighted by Gasteiger charge is -2.34. The zero-order valence-electron chi connectivity index (χ0n) is 13.9. The van der Waals surface area contributed by atoms with Gasteiger partial charge in [0.25, 0.3) is 5.91 Å². The Bertz CT molecular complexity index is 479. The van der Waals surface area contributed by atoms with Crippen molar-refractivity contribution in [3.05, 3.63) is 29.8 Å². The minimum Gasteiger partial charge on any atom is -0.491 e. The molecule has 5 nitrogen and oxygen atoms in total. The highest BCUT2D eigenvalue weighted by molar-refractivity contribution is 5.94. The van der Waals surface area contributed by atoms with Gasteiger partial charge in [0.05, 0.1) is 6.61 Å². The molecular weight excluding hydrogens is 316 g/mol. The Kier molecular flexibility index (Phi) is 8.37. The summed E-state index contributed by atoms with van der Waals surface area (Å²) in [5.41, 5.74) is 6.68. The van der Waals surface area contributed by atoms with E-state index in [4.69, 9.17) is 15.2 Å². The largest absolute Gasteiger partial charge is 0.491 e. The number of ether oxygens (including phenoxy) is 2. The van der Waals surface area contributed by atoms with Crippen molar-refractivity contribution >= 4 is 18.3 Å². The summed E-state index contributed by atoms with van der Waals surface area (Å²) in [4.78, 5) is 14.5. The maximum Gasteiger partial charge on any atom is 0.253 e. The van der Waals surface area contributed by atoms with E-state index in [1.807, 2.05) is 36.1 Å². The summed E-state index contributed by atoms with van der Waals surface area (Å²) in [6.45, 7) is 4.64. The van der Waals surface area contributed by atoms with Gasteiger partial charge in [-0.1, -0.05) is 0 Å². The molecule has 1 fully saturated rings. The van der Waals surface area contributed by atoms with Gasteiger partial charge in [0, 0.05) is 31.8 Å². The van der Waals surface area contributed by atoms with Gasteiger partial charge in [0.15, 0.2) is 0 Å². The minimum absolute atomic E-state index is 0. The first-order valence-corrected chi connectivity index (χ1v) is 7.88. The second kappa shape index (κ2) is 9.75. The Labute approximate surface area is 144 Å². The zero-order chi connectivity index (χ0) is 15.9. The highest BCUT2D eigenvalue weighted by atomic mass is 35.5. The van der Waals surface area contributed by atoms with Crippen LogP contribution < -0.4 is 10.5 Å². The highest BCUT2D eigenvalue weighted by Gasteiger charge is 2.26. The van der Waals surface area contributed by atoms with Gasteiger partial charge in [-0.05, 0) is 49.9 Å². The summed E-state index contributed by atoms with van der Waals surface area (Å²) in [6, 6.07) is 7.43. The third-order valence-corrected chi connectivity index (χ3v) is 4.15. The summed E-state index contributed by atoms with van der Waals surface area (Å²) in [5.74, 6) is 1.23. The fraction of sp³-hybridized carbons (Fsp3) is 0.588. The summed E-state index contributed by atoms with van der Waals surface area (Å²) < 4.78 is 10.4. The molecule has 6 heteroatoms. The lowest BCUT2D eigenvalue weighted by Crippen LogP contribution is -2.45. The molecule has 0 bridgehead atoms. The van der Waals surface area contributed by atoms with E-state index < -0.39 is 0 Å². The van der Waals surface area contributed by atoms with Gasteiger partial charge >= 0.3 is 0 Å². The number of hydrogen-bond acceptors (Lipinski definition) is 4. The SMILES string of the molecule is COCCOc1ccc(C(=O)N2CCCC(C(C)N)C2)cc1.Cl. The van der Waals surface area contributed by atoms with Crippen LogP contribution in [0.1, 0.15) is 30.1 Å². The Morgan fingerprint density at radius 3 is 2.65 bits per heavy atom. The molecule has 1 amide bonds. The van der Waals surface area contributed by atoms with Crippen LogP contribution >= 0.6 is 12.4 Å². The number of amides is 1. The number of likely N-dealkylation sites (tertiary alicyclic amines) is 1. The minimum atomic E-state index is 0. The molecule has 0 aliphatic carbocycles. The van der Waals surface area contributed by atoms with Gasteiger partial charge in [-0.3, -0.25) is 4.79 Å². The van der Waals surface area contributed by atoms with Gasteiger partial charge in [0.2, 0.25) is 0 Å². The maximum absolute atomic E-state index is 12.6. The van der Waals surface area contributed by atoms with Crippen molar-refractivity contribution in [3.8, 4) is 5.75 Å². The van der Waals surface area contributed by atoms with Crippen molar-refractivity contribution in [2.75, 3.05) is 33.4 Å². The number of carbonyl (C=O) groups excluding carboxylic acids is 1. The molecule has 1 aliphatic rings. The molecule has 0 spiro atoms. The molecule has 2 rings (SSSR count). The lowest BCUT2D eigenvalue weighted by molar-refractivity contribution is 0.0661. The molecule has 2 atom stereocenters. The first-order chi connectivity index (χ1) is 10.6. The van der Waals surface area contributed by atoms with Crippen molar-refractivity contribution in [3.63, 3.8) is 0 Å². The molecule has 1 aliphatic heterocycles. The summed E-state index contributed by atoms with van der Waals surface area (Å²) in [5, 5.41) is 0. The number of carbonyl (C=O) groups is 1. The summed E-state index contributed by atoms with van der Waals surface area (Å²) in [6.07, 6.45) is 2.13. The first-order valence-electron chi connectivity index (χ1n) is 7.88. The molecule has 1 heterocycles. The van der Waals surface area contributed by atoms with E-state index in [0.29, 0.717) is 24.7 Å². The second-order valence-electron chi connectivity index (χ2n) is 5.88. The molecule has 1 aromatic carbocycles. The van der Waals surface area contributed by atoms with Crippen LogP contribution in [0, 0.1) is 5.92 Å². The second-order valence-corrected chi connectivity index (χ2v) is 5.88. The Morgan fingerprint density at radius 1 is 1.35 bits per heavy atom. The third kappa shape index (κ3) is 5.68. The van der Waals surface area contributed by atoms with Crippen LogP contribution in [0.4, 0.5) is 0 Å². The van der Waals surface area contributed by atoms with Crippen molar-refractivity contribution in [1.29, 1.82) is 0 Å². The van der Waals surface area contributed by atoms with Crippen LogP contribution in [-0.2, 0) is 4.74 Å². The van der Waals surface area contributed by atoms with E-state index in [1.165, 1.54) is 0 Å². The highest BCUT2D eigenvalue weighted by Crippen LogP contribution is 2.21. The van der Waals surface area contributed by atoms with Gasteiger partial charge in [-0.2, -0.15) is 0 Å². The normalized spacial score (nSPS) is 18.9. The topological polar surface area (TPSA) is 64.8 Å². The summed E-state index contributed by atoms with van der Waals surface area (Å²) in [7, 11) is 1.64. The van der Waals surface area contributed by atoms with Crippen LogP contribution in [0.5, 0.6) is 5.75 Å². The number of nitrogens with zero attached hydrogens (tertiary/aromatic N) is 1. The number of hydrogen-bond donors (Lipinski definition) is 1. The Hall–Kier alpha value is -1.30. The first kappa shape index (κ1) is 19.7. The third-order valence-electron chi connectivity index (χ3n) is 4.15. The molecule has 2 N–H and O–H groups in total. The molecule has 0 saturated carbocycles. The predicted octanol–water partition coefficient (Wildman–Crippen LogP) is 2.33. The molecule has 1 aromatic rings. The van der Waals surface area contributed by atoms with Gasteiger partial charge in [0.1, 0.15) is 12.4 Å². The average molecular weight is 343 g/mol. The van der Waals surface area contributed by atoms with Crippen molar-refractivity contribution in [2.24, 2.45) is 11.7 Å². The van der Waals surface area contributed by atoms with Crippen molar-refractivity contribution in [1.82, 2.24) is 4.90 Å². The van der Waals surface area contributed by atoms with E-state index in [-0.39, 0.29) is 24.4 Å². The molecule has 0 radical (unpaired) electrons. The number of nitrogens with two attached hydrogens (primary N) is 1. The smallest absolute Gasteiger partial charge is 0.253 e. The average Bonchev–Trinajstić information content (AvgIpc) is 2.55. The van der Waals surface area contributed by atoms with Crippen LogP contribution in [0.15, 0.2) is 24.3 Å². The van der Waals surface area contributed by atoms with E-state index >= 15 is 0 Å². The molecule has 130 valence electrons. The van der Waals surface area contributed by atoms with Gasteiger partial charge < -0.3 is 20.1 Å². The van der Waals surface area contributed by atoms with Crippen LogP contribution in [-0.4, -0.2) is 50.3 Å². The predicted molar refractivity (Wildman–Crippen MR) is 93.3 cm³/mol. The zero-order valence-corrected chi connectivity index (χ0v) is 14.7. The quantitative estimate of drug-likeness (QED) is 0.806. The monoisotopic (exact) mass is 342 g/mol. The van der Waals surface area contributed by atoms with Gasteiger partial charge in [-0.25, -0.2) is 0 Å². The van der Waals surface area contributed by atoms with E-state index in [1.54, 1.807) is 7.11 Å². The maximum atomic E-state index is 12.6. The van der Waals surface area contributed by atoms with Gasteiger partial charge in [-0.15, -0.1) is 12.4 Å². The van der Waals surface area contributed by atoms with Crippen LogP contribution in [0.25, 0.3) is 0 Å². The Balaban J connectivity index is 0.00000264. The lowest BCUT2D eigenvalue weighted by atomic mass is 9.92. The van der Waals surface area contributed by atoms with E-state index in [2.05, 4.69) is 0 Å². The number of methoxy groups -OCH3 is 1. The van der Waals surface area contributed by atoms with Crippen LogP contribution in [0.3, 0.4) is 0 Å². The fourth-order valence-corrected chi connectivity index (χ4v) is 2.74. The summed E-state index contributed by atoms with van der Waals surface area (Å²) >= 11 is 0. The van der Waals surface area contributed by atoms with Crippen LogP contribution in [0.2, 0.25) is 0 Å². The number of piperidine rings is 1. The van der Waals surface area contributed by atoms with E-state index in [9.17, 15) is 4.79 Å². The fourth-order valence-electron chi connectivity index (χ4n) is 2.74. The molecule has 0 aromatic heterocycles. The molecule has 23 heavy (non-hydrogen) atoms. The number of benzene rings is 1.